The fourth-order valence-electron chi connectivity index (χ4n) is 5.99. The number of thiophene rings is 1. The molecule has 0 aliphatic rings. The molecule has 2 heteroatoms. The lowest BCUT2D eigenvalue weighted by Crippen LogP contribution is -2.34. The summed E-state index contributed by atoms with van der Waals surface area (Å²) in [5.41, 5.74) is 18.5. The molecule has 1 nitrogen and oxygen atoms in total. The van der Waals surface area contributed by atoms with Gasteiger partial charge in [0, 0.05) is 20.2 Å². The number of fused-ring (bicyclic) bond motifs is 3. The van der Waals surface area contributed by atoms with Gasteiger partial charge in [-0.15, -0.1) is 11.3 Å². The van der Waals surface area contributed by atoms with E-state index in [-0.39, 0.29) is 0 Å². The predicted molar refractivity (Wildman–Crippen MR) is 194 cm³/mol. The molecule has 1 aromatic heterocycles. The Balaban J connectivity index is 1.52. The minimum atomic E-state index is -0.656. The second-order valence-corrected chi connectivity index (χ2v) is 13.4. The van der Waals surface area contributed by atoms with Gasteiger partial charge in [-0.05, 0) is 127 Å². The molecule has 0 bridgehead atoms. The summed E-state index contributed by atoms with van der Waals surface area (Å²) in [5, 5.41) is 2.64. The van der Waals surface area contributed by atoms with Gasteiger partial charge in [-0.25, -0.2) is 0 Å². The first-order valence-corrected chi connectivity index (χ1v) is 16.4. The number of unbranched alkanes of at least 4 members (excludes halogenated alkanes) is 1. The van der Waals surface area contributed by atoms with Crippen LogP contribution in [0.4, 0.5) is 0 Å². The average Bonchev–Trinajstić information content (AvgIpc) is 3.39. The minimum absolute atomic E-state index is 0.656. The molecular formula is C42H41NS. The molecule has 1 heterocycles. The second-order valence-electron chi connectivity index (χ2n) is 12.3. The van der Waals surface area contributed by atoms with Crippen LogP contribution in [-0.4, -0.2) is 0 Å². The highest BCUT2D eigenvalue weighted by molar-refractivity contribution is 7.25. The maximum atomic E-state index is 7.18. The van der Waals surface area contributed by atoms with Crippen molar-refractivity contribution in [3.05, 3.63) is 149 Å². The number of aryl methyl sites for hydroxylation is 2. The van der Waals surface area contributed by atoms with Gasteiger partial charge in [0.1, 0.15) is 0 Å². The third-order valence-corrected chi connectivity index (χ3v) is 9.85. The quantitative estimate of drug-likeness (QED) is 0.175. The van der Waals surface area contributed by atoms with Crippen LogP contribution in [0.3, 0.4) is 0 Å². The molecule has 44 heavy (non-hydrogen) atoms. The van der Waals surface area contributed by atoms with Crippen molar-refractivity contribution >= 4 is 37.6 Å². The molecule has 220 valence electrons. The molecule has 2 N–H and O–H groups in total. The summed E-state index contributed by atoms with van der Waals surface area (Å²) in [6, 6.07) is 37.8. The topological polar surface area (TPSA) is 26.0 Å². The summed E-state index contributed by atoms with van der Waals surface area (Å²) >= 11 is 1.86. The van der Waals surface area contributed by atoms with Crippen molar-refractivity contribution in [3.63, 3.8) is 0 Å². The first kappa shape index (κ1) is 29.8. The molecule has 1 unspecified atom stereocenters. The van der Waals surface area contributed by atoms with E-state index in [0.29, 0.717) is 0 Å². The van der Waals surface area contributed by atoms with Crippen LogP contribution in [0.25, 0.3) is 48.5 Å². The Kier molecular flexibility index (Phi) is 8.40. The second kappa shape index (κ2) is 12.4. The summed E-state index contributed by atoms with van der Waals surface area (Å²) < 4.78 is 2.65. The van der Waals surface area contributed by atoms with Gasteiger partial charge in [0.05, 0.1) is 5.54 Å². The van der Waals surface area contributed by atoms with Gasteiger partial charge in [-0.2, -0.15) is 0 Å². The average molecular weight is 592 g/mol. The number of hydrogen-bond acceptors (Lipinski definition) is 2. The number of allylic oxidation sites excluding steroid dienone is 3. The summed E-state index contributed by atoms with van der Waals surface area (Å²) in [5.74, 6) is 0. The molecule has 6 aromatic rings. The number of rotatable bonds is 8. The normalized spacial score (nSPS) is 13.6. The van der Waals surface area contributed by atoms with Crippen molar-refractivity contribution in [2.75, 3.05) is 0 Å². The van der Waals surface area contributed by atoms with Crippen LogP contribution in [0.2, 0.25) is 0 Å². The zero-order chi connectivity index (χ0) is 30.8. The van der Waals surface area contributed by atoms with Gasteiger partial charge in [0.15, 0.2) is 0 Å². The predicted octanol–water partition coefficient (Wildman–Crippen LogP) is 12.0. The Morgan fingerprint density at radius 2 is 1.39 bits per heavy atom. The molecule has 6 rings (SSSR count). The van der Waals surface area contributed by atoms with Crippen molar-refractivity contribution in [2.24, 2.45) is 5.73 Å². The first-order valence-electron chi connectivity index (χ1n) is 15.6. The molecule has 0 saturated heterocycles. The van der Waals surface area contributed by atoms with Crippen LogP contribution in [0, 0.1) is 13.8 Å². The highest BCUT2D eigenvalue weighted by Crippen LogP contribution is 2.39. The molecule has 0 amide bonds. The van der Waals surface area contributed by atoms with Gasteiger partial charge in [0.25, 0.3) is 0 Å². The third kappa shape index (κ3) is 6.06. The van der Waals surface area contributed by atoms with Crippen LogP contribution < -0.4 is 5.73 Å². The fourth-order valence-corrected chi connectivity index (χ4v) is 7.05. The monoisotopic (exact) mass is 591 g/mol. The molecular weight excluding hydrogens is 551 g/mol. The van der Waals surface area contributed by atoms with E-state index >= 15 is 0 Å². The Labute approximate surface area is 266 Å². The van der Waals surface area contributed by atoms with Crippen molar-refractivity contribution < 1.29 is 0 Å². The van der Waals surface area contributed by atoms with E-state index in [2.05, 4.69) is 150 Å². The smallest absolute Gasteiger partial charge is 0.0637 e. The summed E-state index contributed by atoms with van der Waals surface area (Å²) in [4.78, 5) is 0. The largest absolute Gasteiger partial charge is 0.318 e. The van der Waals surface area contributed by atoms with E-state index in [9.17, 15) is 0 Å². The lowest BCUT2D eigenvalue weighted by atomic mass is 9.82. The van der Waals surface area contributed by atoms with Crippen molar-refractivity contribution in [1.82, 2.24) is 0 Å². The summed E-state index contributed by atoms with van der Waals surface area (Å²) in [6.45, 7) is 10.9. The zero-order valence-electron chi connectivity index (χ0n) is 26.4. The zero-order valence-corrected chi connectivity index (χ0v) is 27.3. The Bertz CT molecular complexity index is 2020. The molecule has 0 radical (unpaired) electrons. The molecule has 0 aliphatic heterocycles. The van der Waals surface area contributed by atoms with Crippen LogP contribution in [0.1, 0.15) is 61.4 Å². The van der Waals surface area contributed by atoms with Crippen molar-refractivity contribution in [3.8, 4) is 22.3 Å². The van der Waals surface area contributed by atoms with Crippen molar-refractivity contribution in [2.45, 2.75) is 53.0 Å². The van der Waals surface area contributed by atoms with Crippen LogP contribution >= 0.6 is 11.3 Å². The van der Waals surface area contributed by atoms with E-state index < -0.39 is 5.54 Å². The lowest BCUT2D eigenvalue weighted by Gasteiger charge is -2.27. The van der Waals surface area contributed by atoms with Gasteiger partial charge in [-0.3, -0.25) is 0 Å². The molecule has 0 saturated carbocycles. The number of nitrogens with two attached hydrogens (primary N) is 1. The fraction of sp³-hybridized carbons (Fsp3) is 0.190. The maximum absolute atomic E-state index is 7.18. The van der Waals surface area contributed by atoms with Gasteiger partial charge < -0.3 is 5.73 Å². The Morgan fingerprint density at radius 1 is 0.727 bits per heavy atom. The van der Waals surface area contributed by atoms with Crippen LogP contribution in [0.5, 0.6) is 0 Å². The number of benzene rings is 5. The van der Waals surface area contributed by atoms with Gasteiger partial charge in [-0.1, -0.05) is 97.3 Å². The van der Waals surface area contributed by atoms with Crippen LogP contribution in [0.15, 0.2) is 121 Å². The maximum Gasteiger partial charge on any atom is 0.0637 e. The summed E-state index contributed by atoms with van der Waals surface area (Å²) in [6.07, 6.45) is 9.06. The van der Waals surface area contributed by atoms with E-state index in [1.54, 1.807) is 0 Å². The van der Waals surface area contributed by atoms with E-state index in [0.717, 1.165) is 24.0 Å². The SMILES string of the molecule is CCC/C=C\C(C)=C\c1cc(-c2cc(-c3ccc4sc5ccc(C)cc5c4c3)cc(C(C)(N)c3ccccc3)c2)ccc1C. The van der Waals surface area contributed by atoms with Gasteiger partial charge in [0.2, 0.25) is 0 Å². The molecule has 0 spiro atoms. The van der Waals surface area contributed by atoms with Crippen LogP contribution in [-0.2, 0) is 5.54 Å². The Hall–Kier alpha value is -4.24. The van der Waals surface area contributed by atoms with E-state index in [1.165, 1.54) is 64.7 Å². The minimum Gasteiger partial charge on any atom is -0.318 e. The lowest BCUT2D eigenvalue weighted by molar-refractivity contribution is 0.603. The van der Waals surface area contributed by atoms with E-state index in [1.807, 2.05) is 17.4 Å². The summed E-state index contributed by atoms with van der Waals surface area (Å²) in [7, 11) is 0. The molecule has 5 aromatic carbocycles. The highest BCUT2D eigenvalue weighted by atomic mass is 32.1. The van der Waals surface area contributed by atoms with Crippen molar-refractivity contribution in [1.29, 1.82) is 0 Å². The molecule has 1 atom stereocenters. The highest BCUT2D eigenvalue weighted by Gasteiger charge is 2.25. The Morgan fingerprint density at radius 3 is 2.11 bits per heavy atom. The first-order chi connectivity index (χ1) is 21.2. The standard InChI is InChI=1S/C42H41NS/c1-6-7-9-12-28(2)21-33-23-31(17-16-30(33)4)34-24-35(26-37(25-34)42(5,43)36-13-10-8-11-14-36)32-18-20-41-39(27-32)38-22-29(3)15-19-40(38)44-41/h8-27H,6-7,43H2,1-5H3/b12-9-,28-21+. The van der Waals surface area contributed by atoms with Gasteiger partial charge >= 0.3 is 0 Å². The van der Waals surface area contributed by atoms with E-state index in [4.69, 9.17) is 5.73 Å². The molecule has 0 fully saturated rings. The number of hydrogen-bond donors (Lipinski definition) is 1. The third-order valence-electron chi connectivity index (χ3n) is 8.70. The molecule has 0 aliphatic carbocycles.